The molecule has 9 heteroatoms. The highest BCUT2D eigenvalue weighted by molar-refractivity contribution is 6.14. The van der Waals surface area contributed by atoms with Crippen LogP contribution in [0.15, 0.2) is 16.3 Å². The maximum Gasteiger partial charge on any atom is 0.335 e. The van der Waals surface area contributed by atoms with Crippen LogP contribution in [-0.4, -0.2) is 37.8 Å². The second-order valence-corrected chi connectivity index (χ2v) is 5.08. The second kappa shape index (κ2) is 5.61. The molecule has 2 bridgehead atoms. The van der Waals surface area contributed by atoms with Gasteiger partial charge in [-0.1, -0.05) is 0 Å². The summed E-state index contributed by atoms with van der Waals surface area (Å²) in [5.41, 5.74) is 6.45. The van der Waals surface area contributed by atoms with Crippen molar-refractivity contribution in [2.45, 2.75) is 19.3 Å². The number of carbonyl (C=O) groups excluding carboxylic acids is 4. The molecule has 0 aliphatic heterocycles. The van der Waals surface area contributed by atoms with Crippen molar-refractivity contribution < 1.29 is 28.7 Å². The number of hydrogen-bond acceptors (Lipinski definition) is 6. The van der Waals surface area contributed by atoms with Gasteiger partial charge in [0.1, 0.15) is 5.78 Å². The summed E-state index contributed by atoms with van der Waals surface area (Å²) in [5.74, 6) is -3.90. The van der Waals surface area contributed by atoms with E-state index in [-0.39, 0.29) is 36.2 Å². The van der Waals surface area contributed by atoms with Crippen molar-refractivity contribution in [3.63, 3.8) is 0 Å². The zero-order chi connectivity index (χ0) is 16.5. The molecular formula is C13H13N3O6. The molecule has 0 unspecified atom stereocenters. The molecule has 0 aromatic rings. The number of fused-ring (bicyclic) bond motifs is 2. The lowest BCUT2D eigenvalue weighted by molar-refractivity contribution is -0.149. The quantitative estimate of drug-likeness (QED) is 0.328. The number of ketones is 1. The topological polar surface area (TPSA) is 136 Å². The van der Waals surface area contributed by atoms with Crippen molar-refractivity contribution >= 4 is 23.6 Å². The Bertz CT molecular complexity index is 661. The number of rotatable bonds is 3. The number of Topliss-reactive ketones (excluding diaryl/α,β-unsaturated/α-hetero) is 1. The van der Waals surface area contributed by atoms with Crippen LogP contribution < -0.4 is 0 Å². The van der Waals surface area contributed by atoms with Crippen LogP contribution in [-0.2, 0) is 28.7 Å². The first kappa shape index (κ1) is 15.7. The lowest BCUT2D eigenvalue weighted by Gasteiger charge is -2.44. The summed E-state index contributed by atoms with van der Waals surface area (Å²) in [6.07, 6.45) is 0.0447. The van der Waals surface area contributed by atoms with Gasteiger partial charge in [-0.3, -0.25) is 9.59 Å². The molecule has 0 radical (unpaired) electrons. The van der Waals surface area contributed by atoms with E-state index in [9.17, 15) is 19.2 Å². The van der Waals surface area contributed by atoms with Gasteiger partial charge in [-0.2, -0.15) is 0 Å². The maximum atomic E-state index is 12.2. The molecule has 3 aliphatic rings. The molecule has 0 saturated heterocycles. The highest BCUT2D eigenvalue weighted by Crippen LogP contribution is 2.53. The SMILES string of the molecule is COC(=O)C1=C(C(=O)OC)[C@]2(C(=O)N=[N+]=[N-])CC[C@H]1C(=O)C2. The molecule has 1 saturated carbocycles. The number of ether oxygens (including phenoxy) is 2. The highest BCUT2D eigenvalue weighted by atomic mass is 16.5. The van der Waals surface area contributed by atoms with Crippen LogP contribution in [0.1, 0.15) is 19.3 Å². The van der Waals surface area contributed by atoms with Crippen LogP contribution >= 0.6 is 0 Å². The molecular weight excluding hydrogens is 294 g/mol. The number of amides is 1. The zero-order valence-electron chi connectivity index (χ0n) is 12.0. The largest absolute Gasteiger partial charge is 0.466 e. The number of esters is 2. The second-order valence-electron chi connectivity index (χ2n) is 5.08. The fraction of sp³-hybridized carbons (Fsp3) is 0.538. The van der Waals surface area contributed by atoms with Crippen molar-refractivity contribution in [1.82, 2.24) is 0 Å². The van der Waals surface area contributed by atoms with E-state index in [4.69, 9.17) is 5.53 Å². The Morgan fingerprint density at radius 2 is 1.91 bits per heavy atom. The van der Waals surface area contributed by atoms with Crippen molar-refractivity contribution in [3.05, 3.63) is 21.6 Å². The Balaban J connectivity index is 2.77. The fourth-order valence-corrected chi connectivity index (χ4v) is 3.20. The van der Waals surface area contributed by atoms with Crippen molar-refractivity contribution in [1.29, 1.82) is 0 Å². The van der Waals surface area contributed by atoms with Crippen LogP contribution in [0, 0.1) is 11.3 Å². The Labute approximate surface area is 124 Å². The molecule has 0 aromatic heterocycles. The summed E-state index contributed by atoms with van der Waals surface area (Å²) in [4.78, 5) is 51.0. The zero-order valence-corrected chi connectivity index (χ0v) is 12.0. The predicted molar refractivity (Wildman–Crippen MR) is 70.0 cm³/mol. The van der Waals surface area contributed by atoms with E-state index in [2.05, 4.69) is 19.5 Å². The summed E-state index contributed by atoms with van der Waals surface area (Å²) in [6, 6.07) is 0. The molecule has 1 amide bonds. The van der Waals surface area contributed by atoms with Crippen LogP contribution in [0.25, 0.3) is 10.4 Å². The van der Waals surface area contributed by atoms with E-state index in [0.717, 1.165) is 14.2 Å². The molecule has 1 fully saturated rings. The van der Waals surface area contributed by atoms with E-state index in [1.165, 1.54) is 0 Å². The average Bonchev–Trinajstić information content (AvgIpc) is 2.53. The Hall–Kier alpha value is -2.67. The van der Waals surface area contributed by atoms with Gasteiger partial charge < -0.3 is 9.47 Å². The molecule has 0 aromatic carbocycles. The third kappa shape index (κ3) is 2.06. The number of azide groups is 1. The Morgan fingerprint density at radius 3 is 2.41 bits per heavy atom. The minimum Gasteiger partial charge on any atom is -0.466 e. The van der Waals surface area contributed by atoms with Crippen LogP contribution in [0.4, 0.5) is 0 Å². The van der Waals surface area contributed by atoms with Gasteiger partial charge in [-0.15, -0.1) is 0 Å². The van der Waals surface area contributed by atoms with Crippen molar-refractivity contribution in [3.8, 4) is 0 Å². The van der Waals surface area contributed by atoms with Gasteiger partial charge in [0, 0.05) is 11.3 Å². The molecule has 3 aliphatic carbocycles. The van der Waals surface area contributed by atoms with Gasteiger partial charge in [0.2, 0.25) is 5.91 Å². The van der Waals surface area contributed by atoms with Gasteiger partial charge >= 0.3 is 11.9 Å². The van der Waals surface area contributed by atoms with Crippen LogP contribution in [0.3, 0.4) is 0 Å². The summed E-state index contributed by atoms with van der Waals surface area (Å²) in [6.45, 7) is 0. The number of methoxy groups -OCH3 is 2. The van der Waals surface area contributed by atoms with Crippen molar-refractivity contribution in [2.24, 2.45) is 16.4 Å². The van der Waals surface area contributed by atoms with E-state index in [1.54, 1.807) is 0 Å². The first-order valence-electron chi connectivity index (χ1n) is 6.46. The molecule has 116 valence electrons. The summed E-state index contributed by atoms with van der Waals surface area (Å²) < 4.78 is 9.28. The summed E-state index contributed by atoms with van der Waals surface area (Å²) >= 11 is 0. The third-order valence-electron chi connectivity index (χ3n) is 4.16. The molecule has 2 atom stereocenters. The van der Waals surface area contributed by atoms with Crippen LogP contribution in [0.5, 0.6) is 0 Å². The lowest BCUT2D eigenvalue weighted by Crippen LogP contribution is -2.50. The molecule has 0 spiro atoms. The number of hydrogen-bond donors (Lipinski definition) is 0. The molecule has 3 rings (SSSR count). The summed E-state index contributed by atoms with van der Waals surface area (Å²) in [7, 11) is 2.21. The standard InChI is InChI=1S/C13H13N3O6/c1-21-10(18)8-6-3-4-13(5-7(6)17,12(20)15-16-14)9(8)11(19)22-2/h6H,3-5H2,1-2H3/t6-,13-/m0/s1. The van der Waals surface area contributed by atoms with Gasteiger partial charge in [-0.25, -0.2) is 9.59 Å². The first-order chi connectivity index (χ1) is 10.4. The molecule has 9 nitrogen and oxygen atoms in total. The van der Waals surface area contributed by atoms with E-state index in [0.29, 0.717) is 0 Å². The normalized spacial score (nSPS) is 26.3. The van der Waals surface area contributed by atoms with Crippen LogP contribution in [0.2, 0.25) is 0 Å². The lowest BCUT2D eigenvalue weighted by atomic mass is 9.56. The van der Waals surface area contributed by atoms with Gasteiger partial charge in [0.05, 0.1) is 36.7 Å². The average molecular weight is 307 g/mol. The predicted octanol–water partition coefficient (Wildman–Crippen LogP) is 0.835. The van der Waals surface area contributed by atoms with E-state index < -0.39 is 29.2 Å². The molecule has 22 heavy (non-hydrogen) atoms. The fourth-order valence-electron chi connectivity index (χ4n) is 3.20. The minimum absolute atomic E-state index is 0.131. The van der Waals surface area contributed by atoms with Gasteiger partial charge in [0.15, 0.2) is 0 Å². The first-order valence-corrected chi connectivity index (χ1v) is 6.46. The summed E-state index contributed by atoms with van der Waals surface area (Å²) in [5, 5.41) is 3.03. The minimum atomic E-state index is -1.64. The number of carbonyl (C=O) groups is 4. The van der Waals surface area contributed by atoms with E-state index in [1.807, 2.05) is 0 Å². The Kier molecular flexibility index (Phi) is 4.01. The molecule has 0 N–H and O–H groups in total. The Morgan fingerprint density at radius 1 is 1.27 bits per heavy atom. The third-order valence-corrected chi connectivity index (χ3v) is 4.16. The monoisotopic (exact) mass is 307 g/mol. The van der Waals surface area contributed by atoms with Gasteiger partial charge in [0.25, 0.3) is 0 Å². The maximum absolute atomic E-state index is 12.2. The highest BCUT2D eigenvalue weighted by Gasteiger charge is 2.58. The number of nitrogens with zero attached hydrogens (tertiary/aromatic N) is 3. The van der Waals surface area contributed by atoms with E-state index >= 15 is 0 Å². The smallest absolute Gasteiger partial charge is 0.335 e. The van der Waals surface area contributed by atoms with Gasteiger partial charge in [-0.05, 0) is 23.5 Å². The molecule has 0 heterocycles. The van der Waals surface area contributed by atoms with Crippen molar-refractivity contribution in [2.75, 3.05) is 14.2 Å².